The average Bonchev–Trinajstić information content (AvgIpc) is 2.85. The number of rotatable bonds is 7. The Bertz CT molecular complexity index is 1280. The summed E-state index contributed by atoms with van der Waals surface area (Å²) >= 11 is 0. The highest BCUT2D eigenvalue weighted by molar-refractivity contribution is 5.97. The van der Waals surface area contributed by atoms with Gasteiger partial charge in [-0.1, -0.05) is 12.1 Å². The van der Waals surface area contributed by atoms with Crippen LogP contribution in [-0.2, 0) is 6.42 Å². The van der Waals surface area contributed by atoms with Gasteiger partial charge in [0.25, 0.3) is 5.91 Å². The molecule has 4 rings (SSSR count). The molecular formula is C25H24F3N5O3. The maximum atomic E-state index is 12.9. The lowest BCUT2D eigenvalue weighted by atomic mass is 9.85. The third-order valence-corrected chi connectivity index (χ3v) is 5.89. The SMILES string of the molecule is Cc1ncc(-c2cccc3c2C[C@@H](c2cc(C(N)=O)cnc2C(=O)NCCCC(F)(F)F)CO3)cn1. The molecule has 0 bridgehead atoms. The van der Waals surface area contributed by atoms with Gasteiger partial charge in [0.15, 0.2) is 0 Å². The number of hydrogen-bond acceptors (Lipinski definition) is 6. The summed E-state index contributed by atoms with van der Waals surface area (Å²) in [4.78, 5) is 37.3. The molecule has 11 heteroatoms. The number of aryl methyl sites for hydroxylation is 1. The highest BCUT2D eigenvalue weighted by Crippen LogP contribution is 2.39. The van der Waals surface area contributed by atoms with Gasteiger partial charge in [-0.2, -0.15) is 13.2 Å². The first kappa shape index (κ1) is 25.1. The zero-order valence-electron chi connectivity index (χ0n) is 19.4. The minimum absolute atomic E-state index is 0.0141. The van der Waals surface area contributed by atoms with E-state index in [9.17, 15) is 22.8 Å². The first-order valence-corrected chi connectivity index (χ1v) is 11.3. The second-order valence-corrected chi connectivity index (χ2v) is 8.51. The van der Waals surface area contributed by atoms with Gasteiger partial charge in [0.1, 0.15) is 17.3 Å². The fourth-order valence-electron chi connectivity index (χ4n) is 4.10. The summed E-state index contributed by atoms with van der Waals surface area (Å²) in [6, 6.07) is 7.13. The number of primary amides is 1. The lowest BCUT2D eigenvalue weighted by Crippen LogP contribution is -2.30. The molecule has 1 aliphatic rings. The van der Waals surface area contributed by atoms with Crippen molar-refractivity contribution in [1.82, 2.24) is 20.3 Å². The van der Waals surface area contributed by atoms with E-state index in [0.717, 1.165) is 16.7 Å². The molecule has 8 nitrogen and oxygen atoms in total. The quantitative estimate of drug-likeness (QED) is 0.478. The van der Waals surface area contributed by atoms with Crippen molar-refractivity contribution in [2.24, 2.45) is 5.73 Å². The van der Waals surface area contributed by atoms with Gasteiger partial charge in [-0.05, 0) is 43.0 Å². The fraction of sp³-hybridized carbons (Fsp3) is 0.320. The smallest absolute Gasteiger partial charge is 0.389 e. The van der Waals surface area contributed by atoms with Crippen molar-refractivity contribution in [2.45, 2.75) is 38.3 Å². The predicted octanol–water partition coefficient (Wildman–Crippen LogP) is 3.74. The lowest BCUT2D eigenvalue weighted by molar-refractivity contribution is -0.135. The first-order valence-electron chi connectivity index (χ1n) is 11.3. The standard InChI is InChI=1S/C25H24F3N5O3/c1-14-31-11-17(12-32-14)18-4-2-5-21-20(18)9-16(13-36-21)19-8-15(23(29)34)10-33-22(19)24(35)30-7-3-6-25(26,27)28/h2,4-5,8,10-12,16H,3,6-7,9,13H2,1H3,(H2,29,34)(H,30,35)/t16-/m1/s1. The molecule has 188 valence electrons. The van der Waals surface area contributed by atoms with Crippen molar-refractivity contribution in [1.29, 1.82) is 0 Å². The van der Waals surface area contributed by atoms with E-state index in [0.29, 0.717) is 23.6 Å². The van der Waals surface area contributed by atoms with Crippen LogP contribution in [0.25, 0.3) is 11.1 Å². The highest BCUT2D eigenvalue weighted by atomic mass is 19.4. The van der Waals surface area contributed by atoms with Gasteiger partial charge >= 0.3 is 6.18 Å². The van der Waals surface area contributed by atoms with Crippen LogP contribution in [0, 0.1) is 6.92 Å². The Morgan fingerprint density at radius 2 is 1.92 bits per heavy atom. The Morgan fingerprint density at radius 1 is 1.17 bits per heavy atom. The van der Waals surface area contributed by atoms with Crippen molar-refractivity contribution < 1.29 is 27.5 Å². The second-order valence-electron chi connectivity index (χ2n) is 8.51. The molecule has 0 saturated heterocycles. The fourth-order valence-corrected chi connectivity index (χ4v) is 4.10. The molecular weight excluding hydrogens is 475 g/mol. The molecule has 1 aromatic carbocycles. The first-order chi connectivity index (χ1) is 17.1. The van der Waals surface area contributed by atoms with Gasteiger partial charge < -0.3 is 15.8 Å². The summed E-state index contributed by atoms with van der Waals surface area (Å²) in [7, 11) is 0. The second kappa shape index (κ2) is 10.3. The van der Waals surface area contributed by atoms with Crippen LogP contribution in [0.15, 0.2) is 42.9 Å². The van der Waals surface area contributed by atoms with E-state index in [-0.39, 0.29) is 36.7 Å². The van der Waals surface area contributed by atoms with Crippen molar-refractivity contribution in [3.05, 3.63) is 71.1 Å². The number of nitrogens with zero attached hydrogens (tertiary/aromatic N) is 3. The number of pyridine rings is 1. The zero-order chi connectivity index (χ0) is 25.9. The molecule has 0 aliphatic carbocycles. The number of alkyl halides is 3. The summed E-state index contributed by atoms with van der Waals surface area (Å²) in [6.45, 7) is 1.83. The third-order valence-electron chi connectivity index (χ3n) is 5.89. The number of nitrogens with one attached hydrogen (secondary N) is 1. The average molecular weight is 499 g/mol. The topological polar surface area (TPSA) is 120 Å². The van der Waals surface area contributed by atoms with E-state index in [4.69, 9.17) is 10.5 Å². The molecule has 0 spiro atoms. The monoisotopic (exact) mass is 499 g/mol. The molecule has 0 radical (unpaired) electrons. The number of ether oxygens (including phenoxy) is 1. The molecule has 2 aromatic heterocycles. The summed E-state index contributed by atoms with van der Waals surface area (Å²) in [5, 5.41) is 2.49. The van der Waals surface area contributed by atoms with Crippen LogP contribution in [-0.4, -0.2) is 46.1 Å². The van der Waals surface area contributed by atoms with Gasteiger partial charge in [-0.15, -0.1) is 0 Å². The van der Waals surface area contributed by atoms with Crippen molar-refractivity contribution in [3.63, 3.8) is 0 Å². The van der Waals surface area contributed by atoms with Crippen LogP contribution in [0.3, 0.4) is 0 Å². The van der Waals surface area contributed by atoms with Crippen molar-refractivity contribution >= 4 is 11.8 Å². The highest BCUT2D eigenvalue weighted by Gasteiger charge is 2.30. The molecule has 0 fully saturated rings. The number of carbonyl (C=O) groups excluding carboxylic acids is 2. The normalized spacial score (nSPS) is 15.1. The largest absolute Gasteiger partial charge is 0.493 e. The Kier molecular flexibility index (Phi) is 7.18. The van der Waals surface area contributed by atoms with Crippen LogP contribution >= 0.6 is 0 Å². The molecule has 3 heterocycles. The van der Waals surface area contributed by atoms with Crippen LogP contribution in [0.1, 0.15) is 56.6 Å². The summed E-state index contributed by atoms with van der Waals surface area (Å²) in [5.41, 5.74) is 8.54. The van der Waals surface area contributed by atoms with Gasteiger partial charge in [0.05, 0.1) is 12.2 Å². The van der Waals surface area contributed by atoms with Gasteiger partial charge in [-0.25, -0.2) is 15.0 Å². The number of nitrogens with two attached hydrogens (primary N) is 1. The molecule has 2 amide bonds. The molecule has 36 heavy (non-hydrogen) atoms. The van der Waals surface area contributed by atoms with Gasteiger partial charge in [-0.3, -0.25) is 9.59 Å². The Balaban J connectivity index is 1.63. The molecule has 3 N–H and O–H groups in total. The predicted molar refractivity (Wildman–Crippen MR) is 125 cm³/mol. The number of hydrogen-bond donors (Lipinski definition) is 2. The third kappa shape index (κ3) is 5.78. The number of amides is 2. The zero-order valence-corrected chi connectivity index (χ0v) is 19.4. The summed E-state index contributed by atoms with van der Waals surface area (Å²) in [5.74, 6) is -0.392. The maximum absolute atomic E-state index is 12.9. The van der Waals surface area contributed by atoms with Crippen molar-refractivity contribution in [3.8, 4) is 16.9 Å². The van der Waals surface area contributed by atoms with E-state index in [1.165, 1.54) is 12.3 Å². The number of halogens is 3. The Labute approximate surface area is 205 Å². The number of carbonyl (C=O) groups is 2. The van der Waals surface area contributed by atoms with Gasteiger partial charge in [0.2, 0.25) is 5.91 Å². The van der Waals surface area contributed by atoms with E-state index >= 15 is 0 Å². The van der Waals surface area contributed by atoms with Crippen LogP contribution in [0.5, 0.6) is 5.75 Å². The van der Waals surface area contributed by atoms with E-state index in [1.807, 2.05) is 18.2 Å². The Morgan fingerprint density at radius 3 is 2.61 bits per heavy atom. The molecule has 0 saturated carbocycles. The summed E-state index contributed by atoms with van der Waals surface area (Å²) in [6.07, 6.45) is -0.489. The van der Waals surface area contributed by atoms with Crippen LogP contribution in [0.4, 0.5) is 13.2 Å². The van der Waals surface area contributed by atoms with Crippen LogP contribution < -0.4 is 15.8 Å². The van der Waals surface area contributed by atoms with Gasteiger partial charge in [0, 0.05) is 48.6 Å². The van der Waals surface area contributed by atoms with E-state index in [2.05, 4.69) is 20.3 Å². The number of aromatic nitrogens is 3. The number of fused-ring (bicyclic) bond motifs is 1. The van der Waals surface area contributed by atoms with E-state index < -0.39 is 24.4 Å². The lowest BCUT2D eigenvalue weighted by Gasteiger charge is -2.28. The minimum Gasteiger partial charge on any atom is -0.493 e. The molecule has 1 aliphatic heterocycles. The molecule has 0 unspecified atom stereocenters. The maximum Gasteiger partial charge on any atom is 0.389 e. The summed E-state index contributed by atoms with van der Waals surface area (Å²) < 4.78 is 43.3. The number of benzene rings is 1. The Hall–Kier alpha value is -4.02. The van der Waals surface area contributed by atoms with Crippen LogP contribution in [0.2, 0.25) is 0 Å². The molecule has 1 atom stereocenters. The van der Waals surface area contributed by atoms with E-state index in [1.54, 1.807) is 19.3 Å². The molecule has 3 aromatic rings. The minimum atomic E-state index is -4.30. The van der Waals surface area contributed by atoms with Crippen molar-refractivity contribution in [2.75, 3.05) is 13.2 Å².